The molecule has 28 heavy (non-hydrogen) atoms. The molecule has 0 aliphatic carbocycles. The predicted octanol–water partition coefficient (Wildman–Crippen LogP) is 3.55. The summed E-state index contributed by atoms with van der Waals surface area (Å²) in [5, 5.41) is 10.4. The van der Waals surface area contributed by atoms with Crippen LogP contribution in [0.15, 0.2) is 48.5 Å². The maximum atomic E-state index is 12.7. The number of hydrogen-bond acceptors (Lipinski definition) is 4. The Balaban J connectivity index is 1.42. The van der Waals surface area contributed by atoms with E-state index in [4.69, 9.17) is 4.74 Å². The SMILES string of the molecule is Cc1cc(C(=O)NCCOc2ccc3ccccc3c2)c2c(C)nn(C)c2n1. The fourth-order valence-corrected chi connectivity index (χ4v) is 3.43. The molecule has 0 fully saturated rings. The smallest absolute Gasteiger partial charge is 0.252 e. The quantitative estimate of drug-likeness (QED) is 0.543. The molecule has 0 unspecified atom stereocenters. The highest BCUT2D eigenvalue weighted by Gasteiger charge is 2.17. The number of hydrogen-bond donors (Lipinski definition) is 1. The summed E-state index contributed by atoms with van der Waals surface area (Å²) in [5.41, 5.74) is 2.89. The first kappa shape index (κ1) is 18.0. The van der Waals surface area contributed by atoms with Crippen LogP contribution in [0.2, 0.25) is 0 Å². The normalized spacial score (nSPS) is 11.1. The van der Waals surface area contributed by atoms with Crippen LogP contribution in [-0.2, 0) is 7.05 Å². The standard InChI is InChI=1S/C22H22N4O2/c1-14-12-19(20-15(2)25-26(3)21(20)24-14)22(27)23-10-11-28-18-9-8-16-6-4-5-7-17(16)13-18/h4-9,12-13H,10-11H2,1-3H3,(H,23,27). The van der Waals surface area contributed by atoms with E-state index < -0.39 is 0 Å². The van der Waals surface area contributed by atoms with Crippen LogP contribution in [0, 0.1) is 13.8 Å². The van der Waals surface area contributed by atoms with Crippen molar-refractivity contribution in [1.29, 1.82) is 0 Å². The predicted molar refractivity (Wildman–Crippen MR) is 110 cm³/mol. The first-order valence-corrected chi connectivity index (χ1v) is 9.23. The van der Waals surface area contributed by atoms with Gasteiger partial charge in [0.2, 0.25) is 0 Å². The van der Waals surface area contributed by atoms with Crippen molar-refractivity contribution in [2.24, 2.45) is 7.05 Å². The molecule has 0 spiro atoms. The highest BCUT2D eigenvalue weighted by Crippen LogP contribution is 2.22. The van der Waals surface area contributed by atoms with E-state index in [1.165, 1.54) is 5.39 Å². The molecule has 2 aromatic heterocycles. The molecule has 0 atom stereocenters. The highest BCUT2D eigenvalue weighted by atomic mass is 16.5. The summed E-state index contributed by atoms with van der Waals surface area (Å²) in [6.45, 7) is 4.57. The molecule has 142 valence electrons. The lowest BCUT2D eigenvalue weighted by Crippen LogP contribution is -2.28. The molecule has 4 rings (SSSR count). The summed E-state index contributed by atoms with van der Waals surface area (Å²) >= 11 is 0. The molecule has 0 bridgehead atoms. The van der Waals surface area contributed by atoms with Crippen molar-refractivity contribution in [2.75, 3.05) is 13.2 Å². The Hall–Kier alpha value is -3.41. The molecule has 6 heteroatoms. The molecule has 0 aliphatic rings. The summed E-state index contributed by atoms with van der Waals surface area (Å²) in [7, 11) is 1.83. The fourth-order valence-electron chi connectivity index (χ4n) is 3.43. The van der Waals surface area contributed by atoms with Gasteiger partial charge in [0.1, 0.15) is 12.4 Å². The average molecular weight is 374 g/mol. The van der Waals surface area contributed by atoms with Crippen molar-refractivity contribution >= 4 is 27.7 Å². The van der Waals surface area contributed by atoms with E-state index in [0.29, 0.717) is 18.7 Å². The van der Waals surface area contributed by atoms with E-state index in [2.05, 4.69) is 27.5 Å². The number of carbonyl (C=O) groups excluding carboxylic acids is 1. The van der Waals surface area contributed by atoms with Crippen LogP contribution in [0.1, 0.15) is 21.7 Å². The molecule has 0 saturated carbocycles. The van der Waals surface area contributed by atoms with Gasteiger partial charge in [0.25, 0.3) is 5.91 Å². The van der Waals surface area contributed by atoms with Gasteiger partial charge in [-0.2, -0.15) is 5.10 Å². The third-order valence-electron chi connectivity index (χ3n) is 4.72. The van der Waals surface area contributed by atoms with Crippen molar-refractivity contribution in [3.8, 4) is 5.75 Å². The minimum absolute atomic E-state index is 0.145. The number of rotatable bonds is 5. The maximum Gasteiger partial charge on any atom is 0.252 e. The number of pyridine rings is 1. The maximum absolute atomic E-state index is 12.7. The lowest BCUT2D eigenvalue weighted by atomic mass is 10.1. The second-order valence-electron chi connectivity index (χ2n) is 6.83. The zero-order valence-corrected chi connectivity index (χ0v) is 16.2. The van der Waals surface area contributed by atoms with Crippen molar-refractivity contribution < 1.29 is 9.53 Å². The molecule has 4 aromatic rings. The fraction of sp³-hybridized carbons (Fsp3) is 0.227. The van der Waals surface area contributed by atoms with Gasteiger partial charge in [-0.15, -0.1) is 0 Å². The van der Waals surface area contributed by atoms with Crippen LogP contribution in [0.3, 0.4) is 0 Å². The summed E-state index contributed by atoms with van der Waals surface area (Å²) in [6.07, 6.45) is 0. The van der Waals surface area contributed by atoms with Gasteiger partial charge in [0.15, 0.2) is 5.65 Å². The van der Waals surface area contributed by atoms with E-state index in [-0.39, 0.29) is 5.91 Å². The van der Waals surface area contributed by atoms with Crippen LogP contribution in [0.4, 0.5) is 0 Å². The van der Waals surface area contributed by atoms with E-state index in [0.717, 1.165) is 33.6 Å². The number of fused-ring (bicyclic) bond motifs is 2. The highest BCUT2D eigenvalue weighted by molar-refractivity contribution is 6.06. The second kappa shape index (κ2) is 7.31. The van der Waals surface area contributed by atoms with Gasteiger partial charge in [-0.25, -0.2) is 4.98 Å². The molecule has 6 nitrogen and oxygen atoms in total. The Labute approximate surface area is 163 Å². The van der Waals surface area contributed by atoms with E-state index >= 15 is 0 Å². The monoisotopic (exact) mass is 374 g/mol. The van der Waals surface area contributed by atoms with Gasteiger partial charge in [-0.3, -0.25) is 9.48 Å². The lowest BCUT2D eigenvalue weighted by molar-refractivity contribution is 0.0948. The molecule has 0 saturated heterocycles. The van der Waals surface area contributed by atoms with E-state index in [9.17, 15) is 4.79 Å². The Morgan fingerprint density at radius 1 is 1.11 bits per heavy atom. The third-order valence-corrected chi connectivity index (χ3v) is 4.72. The van der Waals surface area contributed by atoms with Gasteiger partial charge >= 0.3 is 0 Å². The Morgan fingerprint density at radius 3 is 2.71 bits per heavy atom. The molecule has 1 amide bonds. The number of aromatic nitrogens is 3. The molecule has 0 aliphatic heterocycles. The number of carbonyl (C=O) groups is 1. The first-order valence-electron chi connectivity index (χ1n) is 9.23. The summed E-state index contributed by atoms with van der Waals surface area (Å²) in [4.78, 5) is 17.2. The zero-order chi connectivity index (χ0) is 19.7. The summed E-state index contributed by atoms with van der Waals surface area (Å²) < 4.78 is 7.50. The number of nitrogens with one attached hydrogen (secondary N) is 1. The van der Waals surface area contributed by atoms with Gasteiger partial charge in [0, 0.05) is 12.7 Å². The average Bonchev–Trinajstić information content (AvgIpc) is 2.98. The molecular formula is C22H22N4O2. The lowest BCUT2D eigenvalue weighted by Gasteiger charge is -2.10. The van der Waals surface area contributed by atoms with Crippen LogP contribution in [0.5, 0.6) is 5.75 Å². The van der Waals surface area contributed by atoms with Crippen molar-refractivity contribution in [2.45, 2.75) is 13.8 Å². The zero-order valence-electron chi connectivity index (χ0n) is 16.2. The summed E-state index contributed by atoms with van der Waals surface area (Å²) in [5.74, 6) is 0.645. The number of ether oxygens (including phenoxy) is 1. The van der Waals surface area contributed by atoms with Crippen LogP contribution >= 0.6 is 0 Å². The minimum Gasteiger partial charge on any atom is -0.492 e. The molecular weight excluding hydrogens is 352 g/mol. The molecule has 2 heterocycles. The van der Waals surface area contributed by atoms with Gasteiger partial charge in [-0.05, 0) is 42.8 Å². The summed E-state index contributed by atoms with van der Waals surface area (Å²) in [6, 6.07) is 15.9. The first-order chi connectivity index (χ1) is 13.5. The third kappa shape index (κ3) is 3.41. The molecule has 0 radical (unpaired) electrons. The van der Waals surface area contributed by atoms with Crippen molar-refractivity contribution in [1.82, 2.24) is 20.1 Å². The van der Waals surface area contributed by atoms with Crippen LogP contribution < -0.4 is 10.1 Å². The molecule has 2 aromatic carbocycles. The van der Waals surface area contributed by atoms with Crippen molar-refractivity contribution in [3.05, 3.63) is 65.5 Å². The van der Waals surface area contributed by atoms with Gasteiger partial charge in [0.05, 0.1) is 23.2 Å². The number of aryl methyl sites for hydroxylation is 3. The van der Waals surface area contributed by atoms with Crippen molar-refractivity contribution in [3.63, 3.8) is 0 Å². The number of amides is 1. The van der Waals surface area contributed by atoms with Crippen LogP contribution in [-0.4, -0.2) is 33.8 Å². The van der Waals surface area contributed by atoms with E-state index in [1.807, 2.05) is 51.2 Å². The minimum atomic E-state index is -0.145. The number of benzene rings is 2. The Morgan fingerprint density at radius 2 is 1.89 bits per heavy atom. The topological polar surface area (TPSA) is 69.0 Å². The van der Waals surface area contributed by atoms with E-state index in [1.54, 1.807) is 10.7 Å². The largest absolute Gasteiger partial charge is 0.492 e. The Bertz CT molecular complexity index is 1180. The van der Waals surface area contributed by atoms with Crippen LogP contribution in [0.25, 0.3) is 21.8 Å². The second-order valence-corrected chi connectivity index (χ2v) is 6.83. The number of nitrogens with zero attached hydrogens (tertiary/aromatic N) is 3. The Kier molecular flexibility index (Phi) is 4.69. The van der Waals surface area contributed by atoms with Gasteiger partial charge in [-0.1, -0.05) is 30.3 Å². The molecule has 1 N–H and O–H groups in total. The van der Waals surface area contributed by atoms with Gasteiger partial charge < -0.3 is 10.1 Å².